The van der Waals surface area contributed by atoms with Gasteiger partial charge in [-0.25, -0.2) is 59.8 Å². The quantitative estimate of drug-likeness (QED) is 0.137. The van der Waals surface area contributed by atoms with Gasteiger partial charge in [0, 0.05) is 154 Å². The average molecular weight is 1370 g/mol. The first-order valence-corrected chi connectivity index (χ1v) is 32.8. The van der Waals surface area contributed by atoms with Crippen molar-refractivity contribution in [2.75, 3.05) is 0 Å². The first-order chi connectivity index (χ1) is 50.9. The van der Waals surface area contributed by atoms with Crippen molar-refractivity contribution >= 4 is 0 Å². The fourth-order valence-corrected chi connectivity index (χ4v) is 8.91. The highest BCUT2D eigenvalue weighted by Gasteiger charge is 2.05. The molecule has 0 atom stereocenters. The van der Waals surface area contributed by atoms with E-state index >= 15 is 0 Å². The minimum Gasteiger partial charge on any atom is -0.265 e. The van der Waals surface area contributed by atoms with E-state index in [0.717, 1.165) is 96.1 Å². The van der Waals surface area contributed by atoms with Crippen LogP contribution in [0.25, 0.3) is 90.3 Å². The Bertz CT molecular complexity index is 4410. The van der Waals surface area contributed by atoms with Crippen LogP contribution < -0.4 is 0 Å². The number of nitrogens with zero attached hydrogens (tertiary/aromatic N) is 22. The molecule has 0 aliphatic rings. The lowest BCUT2D eigenvalue weighted by Gasteiger charge is -2.00. The molecule has 0 N–H and O–H groups in total. The summed E-state index contributed by atoms with van der Waals surface area (Å²) in [6, 6.07) is 63.3. The maximum absolute atomic E-state index is 4.26. The molecular weight excluding hydrogens is 1290 g/mol. The van der Waals surface area contributed by atoms with Crippen LogP contribution in [0.1, 0.15) is 46.1 Å². The zero-order chi connectivity index (χ0) is 72.8. The summed E-state index contributed by atoms with van der Waals surface area (Å²) in [5.74, 6) is 5.59. The van der Waals surface area contributed by atoms with E-state index in [2.05, 4.69) is 140 Å². The molecule has 14 heterocycles. The van der Waals surface area contributed by atoms with E-state index < -0.39 is 0 Å². The summed E-state index contributed by atoms with van der Waals surface area (Å²) in [4.78, 5) is 89.9. The first kappa shape index (κ1) is 74.2. The van der Waals surface area contributed by atoms with Gasteiger partial charge in [0.05, 0.1) is 5.69 Å². The molecule has 0 amide bonds. The Morgan fingerprint density at radius 3 is 0.875 bits per heavy atom. The van der Waals surface area contributed by atoms with Crippen molar-refractivity contribution < 1.29 is 0 Å². The molecule has 14 aromatic heterocycles. The second kappa shape index (κ2) is 40.8. The van der Waals surface area contributed by atoms with Crippen molar-refractivity contribution in [3.8, 4) is 90.3 Å². The van der Waals surface area contributed by atoms with Crippen LogP contribution in [0.4, 0.5) is 0 Å². The van der Waals surface area contributed by atoms with E-state index in [-0.39, 0.29) is 0 Å². The summed E-state index contributed by atoms with van der Waals surface area (Å²) in [6.07, 6.45) is 31.1. The van der Waals surface area contributed by atoms with Crippen LogP contribution in [-0.2, 0) is 0 Å². The van der Waals surface area contributed by atoms with Crippen LogP contribution in [-0.4, -0.2) is 110 Å². The van der Waals surface area contributed by atoms with Gasteiger partial charge in [0.25, 0.3) is 0 Å². The van der Waals surface area contributed by atoms with Crippen LogP contribution in [0.15, 0.2) is 306 Å². The van der Waals surface area contributed by atoms with Crippen LogP contribution in [0.5, 0.6) is 0 Å². The molecule has 0 unspecified atom stereocenters. The van der Waals surface area contributed by atoms with E-state index in [0.29, 0.717) is 29.1 Å². The largest absolute Gasteiger partial charge is 0.265 e. The Morgan fingerprint density at radius 1 is 0.173 bits per heavy atom. The summed E-state index contributed by atoms with van der Waals surface area (Å²) in [5, 5.41) is 0. The first-order valence-electron chi connectivity index (χ1n) is 32.8. The molecule has 16 rings (SSSR count). The molecule has 0 aliphatic heterocycles. The van der Waals surface area contributed by atoms with Crippen molar-refractivity contribution in [1.29, 1.82) is 0 Å². The molecule has 0 bridgehead atoms. The SMILES string of the molecule is Cc1ccc(-c2ccccc2)cn1.Cc1ccc(-c2ccccn2)cn1.Cc1ccc(-c2cccnc2)cn1.Cc1ccc(-c2ccncc2)cn1.Cc1ncnc(-c2ccccc2)n1.Cc1ncnc(-c2ccccn2)n1.Cc1ncnc(-c2cccnc2)n1.Cc1ncnc(-c2ccncc2)n1. The zero-order valence-electron chi connectivity index (χ0n) is 58.7. The maximum atomic E-state index is 4.26. The van der Waals surface area contributed by atoms with Gasteiger partial charge in [-0.05, 0) is 164 Å². The lowest BCUT2D eigenvalue weighted by Crippen LogP contribution is -1.95. The Morgan fingerprint density at radius 2 is 0.490 bits per heavy atom. The minimum atomic E-state index is 0.619. The second-order valence-corrected chi connectivity index (χ2v) is 22.3. The van der Waals surface area contributed by atoms with Crippen LogP contribution in [0.2, 0.25) is 0 Å². The van der Waals surface area contributed by atoms with Crippen molar-refractivity contribution in [3.05, 3.63) is 352 Å². The van der Waals surface area contributed by atoms with Gasteiger partial charge in [0.1, 0.15) is 54.3 Å². The molecule has 16 aromatic rings. The Hall–Kier alpha value is -14.0. The molecular formula is C82H74N22. The Labute approximate surface area is 604 Å². The molecule has 0 aliphatic carbocycles. The van der Waals surface area contributed by atoms with Crippen molar-refractivity contribution in [1.82, 2.24) is 110 Å². The normalized spacial score (nSPS) is 9.92. The molecule has 22 heteroatoms. The number of rotatable bonds is 8. The van der Waals surface area contributed by atoms with Gasteiger partial charge in [-0.1, -0.05) is 97.1 Å². The maximum Gasteiger partial charge on any atom is 0.181 e. The van der Waals surface area contributed by atoms with Gasteiger partial charge in [-0.15, -0.1) is 0 Å². The van der Waals surface area contributed by atoms with Crippen molar-refractivity contribution in [3.63, 3.8) is 0 Å². The molecule has 0 saturated heterocycles. The molecule has 2 aromatic carbocycles. The van der Waals surface area contributed by atoms with E-state index in [4.69, 9.17) is 0 Å². The van der Waals surface area contributed by atoms with E-state index in [1.165, 1.54) is 36.4 Å². The third-order valence-electron chi connectivity index (χ3n) is 14.3. The highest BCUT2D eigenvalue weighted by molar-refractivity contribution is 5.64. The summed E-state index contributed by atoms with van der Waals surface area (Å²) in [7, 11) is 0. The van der Waals surface area contributed by atoms with E-state index in [1.54, 1.807) is 55.8 Å². The molecule has 0 radical (unpaired) electrons. The molecule has 0 saturated carbocycles. The lowest BCUT2D eigenvalue weighted by molar-refractivity contribution is 0.974. The predicted molar refractivity (Wildman–Crippen MR) is 404 cm³/mol. The summed E-state index contributed by atoms with van der Waals surface area (Å²) in [6.45, 7) is 15.3. The Kier molecular flexibility index (Phi) is 29.1. The van der Waals surface area contributed by atoms with Crippen LogP contribution >= 0.6 is 0 Å². The van der Waals surface area contributed by atoms with Gasteiger partial charge in [0.2, 0.25) is 0 Å². The van der Waals surface area contributed by atoms with Gasteiger partial charge in [-0.3, -0.25) is 49.8 Å². The smallest absolute Gasteiger partial charge is 0.181 e. The third kappa shape index (κ3) is 25.4. The molecule has 0 spiro atoms. The highest BCUT2D eigenvalue weighted by atomic mass is 15.0. The number of benzene rings is 2. The number of aryl methyl sites for hydroxylation is 8. The Balaban J connectivity index is 0.000000138. The number of hydrogen-bond acceptors (Lipinski definition) is 22. The van der Waals surface area contributed by atoms with E-state index in [9.17, 15) is 0 Å². The molecule has 0 fully saturated rings. The summed E-state index contributed by atoms with van der Waals surface area (Å²) in [5.41, 5.74) is 16.7. The summed E-state index contributed by atoms with van der Waals surface area (Å²) >= 11 is 0. The van der Waals surface area contributed by atoms with Gasteiger partial charge in [0.15, 0.2) is 23.3 Å². The van der Waals surface area contributed by atoms with Crippen LogP contribution in [0.3, 0.4) is 0 Å². The fraction of sp³-hybridized carbons (Fsp3) is 0.0976. The zero-order valence-corrected chi connectivity index (χ0v) is 58.7. The van der Waals surface area contributed by atoms with E-state index in [1.807, 2.05) is 250 Å². The number of pyridine rings is 10. The van der Waals surface area contributed by atoms with Gasteiger partial charge in [-0.2, -0.15) is 0 Å². The lowest BCUT2D eigenvalue weighted by atomic mass is 10.1. The third-order valence-corrected chi connectivity index (χ3v) is 14.3. The molecule has 512 valence electrons. The molecule has 22 nitrogen and oxygen atoms in total. The van der Waals surface area contributed by atoms with Gasteiger partial charge < -0.3 is 0 Å². The van der Waals surface area contributed by atoms with Crippen molar-refractivity contribution in [2.45, 2.75) is 55.4 Å². The number of aromatic nitrogens is 22. The van der Waals surface area contributed by atoms with Gasteiger partial charge >= 0.3 is 0 Å². The second-order valence-electron chi connectivity index (χ2n) is 22.3. The minimum absolute atomic E-state index is 0.619. The topological polar surface area (TPSA) is 284 Å². The van der Waals surface area contributed by atoms with Crippen LogP contribution in [0, 0.1) is 55.4 Å². The fourth-order valence-electron chi connectivity index (χ4n) is 8.91. The predicted octanol–water partition coefficient (Wildman–Crippen LogP) is 16.0. The highest BCUT2D eigenvalue weighted by Crippen LogP contribution is 2.21. The number of hydrogen-bond donors (Lipinski definition) is 0. The van der Waals surface area contributed by atoms with Crippen molar-refractivity contribution in [2.24, 2.45) is 0 Å². The standard InChI is InChI=1S/C12H11N.3C11H10N2.C10H9N3.3C9H8N4/c1-10-7-8-12(9-13-10)11-5-3-2-4-6-11;1-9-2-3-11(8-13-9)10-4-6-12-7-5-10;1-9-4-5-11(8-13-9)10-3-2-6-12-7-10;1-9-5-6-10(8-13-9)11-4-2-3-7-12-11;1-8-11-7-12-10(13-8)9-5-3-2-4-6-9;1-7-11-6-12-9(13-7)8-2-4-10-5-3-8;1-7-11-6-12-9(13-7)8-3-2-4-10-5-8;1-7-11-6-12-9(13-7)8-4-2-3-5-10-8/h2-9H,1H3;3*2-8H,1H3;2-7H,1H3;3*2-6H,1H3. The molecule has 104 heavy (non-hydrogen) atoms. The monoisotopic (exact) mass is 1370 g/mol. The summed E-state index contributed by atoms with van der Waals surface area (Å²) < 4.78 is 0. The average Bonchev–Trinajstić information content (AvgIpc) is 2.37.